The Morgan fingerprint density at radius 1 is 1.38 bits per heavy atom. The largest absolute Gasteiger partial charge is 0.401 e. The first-order chi connectivity index (χ1) is 7.42. The summed E-state index contributed by atoms with van der Waals surface area (Å²) in [5.41, 5.74) is 6.06. The normalized spacial score (nSPS) is 13.8. The van der Waals surface area contributed by atoms with E-state index in [0.717, 1.165) is 0 Å². The minimum absolute atomic E-state index is 0.0798. The van der Waals surface area contributed by atoms with Crippen LogP contribution in [0, 0.1) is 0 Å². The van der Waals surface area contributed by atoms with E-state index in [1.165, 1.54) is 0 Å². The van der Waals surface area contributed by atoms with E-state index in [1.54, 1.807) is 24.3 Å². The molecule has 2 nitrogen and oxygen atoms in total. The number of rotatable bonds is 4. The Labute approximate surface area is 96.6 Å². The maximum absolute atomic E-state index is 12.0. The Bertz CT molecular complexity index is 341. The van der Waals surface area contributed by atoms with Crippen LogP contribution in [0.15, 0.2) is 24.3 Å². The van der Waals surface area contributed by atoms with Crippen LogP contribution in [0.1, 0.15) is 11.6 Å². The van der Waals surface area contributed by atoms with Crippen molar-refractivity contribution < 1.29 is 13.2 Å². The fourth-order valence-corrected chi connectivity index (χ4v) is 1.50. The van der Waals surface area contributed by atoms with Crippen molar-refractivity contribution >= 4 is 11.6 Å². The van der Waals surface area contributed by atoms with Crippen LogP contribution in [-0.4, -0.2) is 19.3 Å². The molecule has 0 amide bonds. The highest BCUT2D eigenvalue weighted by Gasteiger charge is 2.28. The Morgan fingerprint density at radius 3 is 2.56 bits per heavy atom. The van der Waals surface area contributed by atoms with Crippen LogP contribution in [0.3, 0.4) is 0 Å². The highest BCUT2D eigenvalue weighted by molar-refractivity contribution is 6.30. The zero-order valence-corrected chi connectivity index (χ0v) is 9.15. The molecule has 1 rings (SSSR count). The average molecular weight is 253 g/mol. The zero-order chi connectivity index (χ0) is 12.2. The van der Waals surface area contributed by atoms with Crippen molar-refractivity contribution in [3.05, 3.63) is 34.9 Å². The third-order valence-electron chi connectivity index (χ3n) is 2.04. The van der Waals surface area contributed by atoms with Crippen LogP contribution in [0.4, 0.5) is 13.2 Å². The molecule has 0 bridgehead atoms. The number of alkyl halides is 3. The Balaban J connectivity index is 2.68. The summed E-state index contributed by atoms with van der Waals surface area (Å²) in [5.74, 6) is 0. The molecule has 1 aromatic carbocycles. The second-order valence-corrected chi connectivity index (χ2v) is 3.78. The van der Waals surface area contributed by atoms with E-state index in [1.807, 2.05) is 0 Å². The van der Waals surface area contributed by atoms with E-state index in [4.69, 9.17) is 17.3 Å². The Kier molecular flexibility index (Phi) is 4.58. The van der Waals surface area contributed by atoms with Gasteiger partial charge < -0.3 is 11.1 Å². The number of benzene rings is 1. The first-order valence-electron chi connectivity index (χ1n) is 4.68. The van der Waals surface area contributed by atoms with Crippen molar-refractivity contribution in [3.8, 4) is 0 Å². The molecular weight excluding hydrogens is 241 g/mol. The van der Waals surface area contributed by atoms with Crippen molar-refractivity contribution in [2.75, 3.05) is 13.1 Å². The average Bonchev–Trinajstić information content (AvgIpc) is 2.17. The number of nitrogens with one attached hydrogen (secondary N) is 1. The summed E-state index contributed by atoms with van der Waals surface area (Å²) in [7, 11) is 0. The van der Waals surface area contributed by atoms with Crippen LogP contribution in [0.5, 0.6) is 0 Å². The lowest BCUT2D eigenvalue weighted by molar-refractivity contribution is -0.126. The van der Waals surface area contributed by atoms with Crippen molar-refractivity contribution in [2.45, 2.75) is 12.2 Å². The van der Waals surface area contributed by atoms with Crippen molar-refractivity contribution in [1.29, 1.82) is 0 Å². The minimum atomic E-state index is -4.24. The molecule has 0 aliphatic carbocycles. The highest BCUT2D eigenvalue weighted by Crippen LogP contribution is 2.19. The zero-order valence-electron chi connectivity index (χ0n) is 8.39. The van der Waals surface area contributed by atoms with E-state index < -0.39 is 18.8 Å². The molecule has 90 valence electrons. The van der Waals surface area contributed by atoms with Crippen molar-refractivity contribution in [1.82, 2.24) is 5.32 Å². The maximum Gasteiger partial charge on any atom is 0.401 e. The fourth-order valence-electron chi connectivity index (χ4n) is 1.30. The summed E-state index contributed by atoms with van der Waals surface area (Å²) in [5, 5.41) is 2.82. The molecule has 1 atom stereocenters. The van der Waals surface area contributed by atoms with E-state index in [9.17, 15) is 13.2 Å². The van der Waals surface area contributed by atoms with Gasteiger partial charge in [0.1, 0.15) is 0 Å². The molecule has 0 spiro atoms. The van der Waals surface area contributed by atoms with Gasteiger partial charge in [0.25, 0.3) is 0 Å². The monoisotopic (exact) mass is 252 g/mol. The van der Waals surface area contributed by atoms with E-state index in [2.05, 4.69) is 5.32 Å². The molecule has 0 fully saturated rings. The van der Waals surface area contributed by atoms with Gasteiger partial charge in [-0.15, -0.1) is 0 Å². The van der Waals surface area contributed by atoms with Gasteiger partial charge in [-0.05, 0) is 17.7 Å². The second kappa shape index (κ2) is 5.52. The molecule has 16 heavy (non-hydrogen) atoms. The number of nitrogens with two attached hydrogens (primary N) is 1. The van der Waals surface area contributed by atoms with Gasteiger partial charge in [0.2, 0.25) is 0 Å². The molecule has 0 saturated heterocycles. The second-order valence-electron chi connectivity index (χ2n) is 3.34. The van der Waals surface area contributed by atoms with Gasteiger partial charge in [-0.2, -0.15) is 13.2 Å². The SMILES string of the molecule is NCC(NCC(F)(F)F)c1cccc(Cl)c1. The van der Waals surface area contributed by atoms with Crippen molar-refractivity contribution in [2.24, 2.45) is 5.73 Å². The van der Waals surface area contributed by atoms with Crippen molar-refractivity contribution in [3.63, 3.8) is 0 Å². The van der Waals surface area contributed by atoms with Gasteiger partial charge in [0.15, 0.2) is 0 Å². The number of hydrogen-bond donors (Lipinski definition) is 2. The summed E-state index contributed by atoms with van der Waals surface area (Å²) in [4.78, 5) is 0. The topological polar surface area (TPSA) is 38.0 Å². The van der Waals surface area contributed by atoms with Crippen LogP contribution in [0.25, 0.3) is 0 Å². The molecule has 1 unspecified atom stereocenters. The molecule has 0 aliphatic rings. The predicted octanol–water partition coefficient (Wildman–Crippen LogP) is 2.49. The first-order valence-corrected chi connectivity index (χ1v) is 5.06. The Hall–Kier alpha value is -0.780. The van der Waals surface area contributed by atoms with Gasteiger partial charge in [0.05, 0.1) is 6.54 Å². The molecule has 0 aliphatic heterocycles. The molecule has 0 saturated carbocycles. The molecule has 0 aromatic heterocycles. The quantitative estimate of drug-likeness (QED) is 0.864. The first kappa shape index (κ1) is 13.3. The lowest BCUT2D eigenvalue weighted by Gasteiger charge is -2.18. The molecular formula is C10H12ClF3N2. The lowest BCUT2D eigenvalue weighted by atomic mass is 10.1. The Morgan fingerprint density at radius 2 is 2.06 bits per heavy atom. The van der Waals surface area contributed by atoms with E-state index in [-0.39, 0.29) is 6.54 Å². The maximum atomic E-state index is 12.0. The van der Waals surface area contributed by atoms with Gasteiger partial charge in [-0.3, -0.25) is 0 Å². The fraction of sp³-hybridized carbons (Fsp3) is 0.400. The molecule has 3 N–H and O–H groups in total. The molecule has 6 heteroatoms. The smallest absolute Gasteiger partial charge is 0.329 e. The summed E-state index contributed by atoms with van der Waals surface area (Å²) in [6.45, 7) is -0.988. The van der Waals surface area contributed by atoms with Crippen LogP contribution in [-0.2, 0) is 0 Å². The van der Waals surface area contributed by atoms with Gasteiger partial charge in [-0.1, -0.05) is 23.7 Å². The summed E-state index contributed by atoms with van der Waals surface area (Å²) in [6, 6.07) is 6.08. The van der Waals surface area contributed by atoms with Gasteiger partial charge in [-0.25, -0.2) is 0 Å². The van der Waals surface area contributed by atoms with Crippen LogP contribution in [0.2, 0.25) is 5.02 Å². The number of halogens is 4. The van der Waals surface area contributed by atoms with Crippen LogP contribution < -0.4 is 11.1 Å². The lowest BCUT2D eigenvalue weighted by Crippen LogP contribution is -2.35. The van der Waals surface area contributed by atoms with Gasteiger partial charge >= 0.3 is 6.18 Å². The van der Waals surface area contributed by atoms with Crippen LogP contribution >= 0.6 is 11.6 Å². The third-order valence-corrected chi connectivity index (χ3v) is 2.27. The molecule has 0 radical (unpaired) electrons. The molecule has 0 heterocycles. The minimum Gasteiger partial charge on any atom is -0.329 e. The van der Waals surface area contributed by atoms with E-state index >= 15 is 0 Å². The van der Waals surface area contributed by atoms with E-state index in [0.29, 0.717) is 10.6 Å². The summed E-state index contributed by atoms with van der Waals surface area (Å²) in [6.07, 6.45) is -4.24. The summed E-state index contributed by atoms with van der Waals surface area (Å²) >= 11 is 5.75. The third kappa shape index (κ3) is 4.38. The number of hydrogen-bond acceptors (Lipinski definition) is 2. The predicted molar refractivity (Wildman–Crippen MR) is 57.3 cm³/mol. The standard InChI is InChI=1S/C10H12ClF3N2/c11-8-3-1-2-7(4-8)9(5-15)16-6-10(12,13)14/h1-4,9,16H,5-6,15H2. The van der Waals surface area contributed by atoms with Gasteiger partial charge in [0, 0.05) is 17.6 Å². The summed E-state index contributed by atoms with van der Waals surface area (Å²) < 4.78 is 36.1. The highest BCUT2D eigenvalue weighted by atomic mass is 35.5. The molecule has 1 aromatic rings.